The van der Waals surface area contributed by atoms with Gasteiger partial charge >= 0.3 is 12.2 Å². The highest BCUT2D eigenvalue weighted by atomic mass is 19.4. The summed E-state index contributed by atoms with van der Waals surface area (Å²) in [6.45, 7) is 1.39. The zero-order valence-electron chi connectivity index (χ0n) is 19.8. The van der Waals surface area contributed by atoms with Gasteiger partial charge in [0.15, 0.2) is 5.78 Å². The van der Waals surface area contributed by atoms with Crippen molar-refractivity contribution in [1.82, 2.24) is 5.32 Å². The average molecular weight is 505 g/mol. The highest BCUT2D eigenvalue weighted by molar-refractivity contribution is 6.06. The van der Waals surface area contributed by atoms with E-state index in [9.17, 15) is 22.8 Å². The Morgan fingerprint density at radius 2 is 1.76 bits per heavy atom. The van der Waals surface area contributed by atoms with Gasteiger partial charge in [0.1, 0.15) is 6.61 Å². The van der Waals surface area contributed by atoms with Gasteiger partial charge in [0.05, 0.1) is 35.5 Å². The molecule has 1 heterocycles. The van der Waals surface area contributed by atoms with Crippen LogP contribution >= 0.6 is 0 Å². The first-order valence-electron chi connectivity index (χ1n) is 11.3. The van der Waals surface area contributed by atoms with E-state index in [1.54, 1.807) is 24.3 Å². The number of amides is 2. The number of rotatable bonds is 7. The summed E-state index contributed by atoms with van der Waals surface area (Å²) in [7, 11) is 0. The SMILES string of the molecule is CC1=C(C(=O)COCc2ccccc2)C(c2ccc(C#N)cc2)NC(=O)N1c1cccc(C(F)(F)F)c1. The van der Waals surface area contributed by atoms with E-state index in [4.69, 9.17) is 10.00 Å². The number of urea groups is 1. The van der Waals surface area contributed by atoms with Gasteiger partial charge in [0.2, 0.25) is 0 Å². The number of Topliss-reactive ketones (excluding diaryl/α,β-unsaturated/α-hetero) is 1. The molecule has 37 heavy (non-hydrogen) atoms. The Morgan fingerprint density at radius 3 is 2.41 bits per heavy atom. The molecular weight excluding hydrogens is 483 g/mol. The van der Waals surface area contributed by atoms with Crippen molar-refractivity contribution in [3.8, 4) is 6.07 Å². The number of ether oxygens (including phenoxy) is 1. The lowest BCUT2D eigenvalue weighted by Gasteiger charge is -2.36. The summed E-state index contributed by atoms with van der Waals surface area (Å²) in [4.78, 5) is 27.6. The number of nitriles is 1. The van der Waals surface area contributed by atoms with Crippen LogP contribution in [0, 0.1) is 11.3 Å². The Kier molecular flexibility index (Phi) is 7.41. The number of carbonyl (C=O) groups is 2. The lowest BCUT2D eigenvalue weighted by Crippen LogP contribution is -2.48. The standard InChI is InChI=1S/C28H22F3N3O3/c1-18-25(24(35)17-37-16-20-6-3-2-4-7-20)26(21-12-10-19(15-32)11-13-21)33-27(36)34(18)23-9-5-8-22(14-23)28(29,30)31/h2-14,26H,16-17H2,1H3,(H,33,36). The second kappa shape index (κ2) is 10.7. The van der Waals surface area contributed by atoms with E-state index in [1.165, 1.54) is 19.1 Å². The Labute approximate surface area is 211 Å². The fourth-order valence-corrected chi connectivity index (χ4v) is 4.15. The van der Waals surface area contributed by atoms with Crippen LogP contribution < -0.4 is 10.2 Å². The fraction of sp³-hybridized carbons (Fsp3) is 0.179. The van der Waals surface area contributed by atoms with Crippen LogP contribution in [0.25, 0.3) is 0 Å². The number of nitrogens with zero attached hydrogens (tertiary/aromatic N) is 2. The van der Waals surface area contributed by atoms with E-state index in [-0.39, 0.29) is 30.2 Å². The number of carbonyl (C=O) groups excluding carboxylic acids is 2. The summed E-state index contributed by atoms with van der Waals surface area (Å²) >= 11 is 0. The van der Waals surface area contributed by atoms with Crippen LogP contribution in [-0.2, 0) is 22.3 Å². The van der Waals surface area contributed by atoms with Crippen LogP contribution in [0.3, 0.4) is 0 Å². The number of ketones is 1. The summed E-state index contributed by atoms with van der Waals surface area (Å²) in [5.41, 5.74) is 1.23. The minimum Gasteiger partial charge on any atom is -0.369 e. The zero-order chi connectivity index (χ0) is 26.6. The molecule has 3 aromatic carbocycles. The van der Waals surface area contributed by atoms with E-state index in [2.05, 4.69) is 5.32 Å². The maximum atomic E-state index is 13.4. The first-order chi connectivity index (χ1) is 17.7. The molecule has 0 saturated carbocycles. The van der Waals surface area contributed by atoms with Crippen molar-refractivity contribution in [3.05, 3.63) is 112 Å². The molecule has 0 aliphatic carbocycles. The average Bonchev–Trinajstić information content (AvgIpc) is 2.88. The third kappa shape index (κ3) is 5.71. The molecule has 6 nitrogen and oxygen atoms in total. The molecule has 1 N–H and O–H groups in total. The van der Waals surface area contributed by atoms with Crippen LogP contribution in [0.4, 0.5) is 23.7 Å². The van der Waals surface area contributed by atoms with Crippen molar-refractivity contribution in [1.29, 1.82) is 5.26 Å². The topological polar surface area (TPSA) is 82.4 Å². The molecule has 1 aliphatic rings. The molecule has 1 aliphatic heterocycles. The molecule has 2 amide bonds. The number of alkyl halides is 3. The van der Waals surface area contributed by atoms with Gasteiger partial charge in [-0.2, -0.15) is 18.4 Å². The van der Waals surface area contributed by atoms with Gasteiger partial charge in [-0.15, -0.1) is 0 Å². The molecule has 188 valence electrons. The van der Waals surface area contributed by atoms with Gasteiger partial charge in [-0.1, -0.05) is 48.5 Å². The first kappa shape index (κ1) is 25.7. The largest absolute Gasteiger partial charge is 0.416 e. The van der Waals surface area contributed by atoms with Crippen LogP contribution in [0.5, 0.6) is 0 Å². The van der Waals surface area contributed by atoms with Crippen molar-refractivity contribution >= 4 is 17.5 Å². The number of hydrogen-bond acceptors (Lipinski definition) is 4. The molecule has 1 atom stereocenters. The summed E-state index contributed by atoms with van der Waals surface area (Å²) in [6, 6.07) is 20.4. The Balaban J connectivity index is 1.71. The van der Waals surface area contributed by atoms with E-state index >= 15 is 0 Å². The van der Waals surface area contributed by atoms with Crippen molar-refractivity contribution in [3.63, 3.8) is 0 Å². The Morgan fingerprint density at radius 1 is 1.05 bits per heavy atom. The summed E-state index contributed by atoms with van der Waals surface area (Å²) in [5, 5.41) is 11.8. The molecule has 0 aromatic heterocycles. The molecule has 0 radical (unpaired) electrons. The maximum absolute atomic E-state index is 13.4. The zero-order valence-corrected chi connectivity index (χ0v) is 19.8. The highest BCUT2D eigenvalue weighted by Gasteiger charge is 2.37. The molecule has 0 bridgehead atoms. The van der Waals surface area contributed by atoms with Gasteiger partial charge in [-0.25, -0.2) is 4.79 Å². The first-order valence-corrected chi connectivity index (χ1v) is 11.3. The van der Waals surface area contributed by atoms with Gasteiger partial charge < -0.3 is 10.1 Å². The summed E-state index contributed by atoms with van der Waals surface area (Å²) in [6.07, 6.45) is -4.60. The van der Waals surface area contributed by atoms with Crippen molar-refractivity contribution in [2.75, 3.05) is 11.5 Å². The maximum Gasteiger partial charge on any atom is 0.416 e. The molecular formula is C28H22F3N3O3. The normalized spacial score (nSPS) is 15.8. The Hall–Kier alpha value is -4.42. The number of nitrogens with one attached hydrogen (secondary N) is 1. The van der Waals surface area contributed by atoms with Crippen LogP contribution in [0.2, 0.25) is 0 Å². The van der Waals surface area contributed by atoms with E-state index in [0.29, 0.717) is 11.1 Å². The Bertz CT molecular complexity index is 1380. The number of halogens is 3. The van der Waals surface area contributed by atoms with E-state index < -0.39 is 29.6 Å². The fourth-order valence-electron chi connectivity index (χ4n) is 4.15. The van der Waals surface area contributed by atoms with E-state index in [1.807, 2.05) is 36.4 Å². The highest BCUT2D eigenvalue weighted by Crippen LogP contribution is 2.37. The predicted molar refractivity (Wildman–Crippen MR) is 130 cm³/mol. The number of benzene rings is 3. The molecule has 9 heteroatoms. The van der Waals surface area contributed by atoms with Gasteiger partial charge in [-0.3, -0.25) is 9.69 Å². The van der Waals surface area contributed by atoms with Crippen LogP contribution in [0.1, 0.15) is 35.2 Å². The number of anilines is 1. The summed E-state index contributed by atoms with van der Waals surface area (Å²) < 4.78 is 45.6. The van der Waals surface area contributed by atoms with Gasteiger partial charge in [-0.05, 0) is 48.4 Å². The molecule has 0 fully saturated rings. The molecule has 1 unspecified atom stereocenters. The molecule has 3 aromatic rings. The smallest absolute Gasteiger partial charge is 0.369 e. The van der Waals surface area contributed by atoms with Gasteiger partial charge in [0, 0.05) is 11.3 Å². The monoisotopic (exact) mass is 505 g/mol. The van der Waals surface area contributed by atoms with Gasteiger partial charge in [0.25, 0.3) is 0 Å². The number of hydrogen-bond donors (Lipinski definition) is 1. The third-order valence-electron chi connectivity index (χ3n) is 5.93. The quantitative estimate of drug-likeness (QED) is 0.433. The second-order valence-electron chi connectivity index (χ2n) is 8.40. The number of allylic oxidation sites excluding steroid dienone is 1. The van der Waals surface area contributed by atoms with Crippen molar-refractivity contribution in [2.45, 2.75) is 25.7 Å². The molecule has 0 spiro atoms. The molecule has 4 rings (SSSR count). The minimum absolute atomic E-state index is 0.0291. The van der Waals surface area contributed by atoms with Crippen molar-refractivity contribution < 1.29 is 27.5 Å². The second-order valence-corrected chi connectivity index (χ2v) is 8.40. The molecule has 0 saturated heterocycles. The lowest BCUT2D eigenvalue weighted by molar-refractivity contribution is -0.137. The minimum atomic E-state index is -4.60. The summed E-state index contributed by atoms with van der Waals surface area (Å²) in [5.74, 6) is -0.431. The van der Waals surface area contributed by atoms with Crippen LogP contribution in [-0.4, -0.2) is 18.4 Å². The third-order valence-corrected chi connectivity index (χ3v) is 5.93. The predicted octanol–water partition coefficient (Wildman–Crippen LogP) is 5.91. The van der Waals surface area contributed by atoms with E-state index in [0.717, 1.165) is 22.6 Å². The lowest BCUT2D eigenvalue weighted by atomic mass is 9.91. The van der Waals surface area contributed by atoms with Crippen LogP contribution in [0.15, 0.2) is 90.1 Å². The van der Waals surface area contributed by atoms with Crippen molar-refractivity contribution in [2.24, 2.45) is 0 Å².